The molecule has 5 nitrogen and oxygen atoms in total. The van der Waals surface area contributed by atoms with Gasteiger partial charge in [-0.2, -0.15) is 0 Å². The highest BCUT2D eigenvalue weighted by Crippen LogP contribution is 2.25. The summed E-state index contributed by atoms with van der Waals surface area (Å²) in [4.78, 5) is 19.0. The lowest BCUT2D eigenvalue weighted by molar-refractivity contribution is -0.113. The molecule has 0 radical (unpaired) electrons. The van der Waals surface area contributed by atoms with Gasteiger partial charge in [-0.1, -0.05) is 36.0 Å². The maximum absolute atomic E-state index is 12.3. The number of fused-ring (bicyclic) bond motifs is 1. The van der Waals surface area contributed by atoms with Crippen LogP contribution in [0.25, 0.3) is 10.8 Å². The molecule has 1 fully saturated rings. The predicted octanol–water partition coefficient (Wildman–Crippen LogP) is 3.80. The molecule has 1 N–H and O–H groups in total. The summed E-state index contributed by atoms with van der Waals surface area (Å²) in [7, 11) is 0. The van der Waals surface area contributed by atoms with E-state index in [0.29, 0.717) is 5.75 Å². The van der Waals surface area contributed by atoms with E-state index < -0.39 is 0 Å². The fourth-order valence-electron chi connectivity index (χ4n) is 3.12. The van der Waals surface area contributed by atoms with Gasteiger partial charge < -0.3 is 15.0 Å². The standard InChI is InChI=1S/C21H21N3O2S/c25-20(15-27-21-19-4-2-1-3-16(19)9-10-22-21)23-17-5-7-18(8-6-17)24-11-13-26-14-12-24/h1-10H,11-15H2,(H,23,25). The Labute approximate surface area is 162 Å². The zero-order chi connectivity index (χ0) is 18.5. The van der Waals surface area contributed by atoms with E-state index in [1.807, 2.05) is 48.5 Å². The smallest absolute Gasteiger partial charge is 0.234 e. The largest absolute Gasteiger partial charge is 0.378 e. The van der Waals surface area contributed by atoms with E-state index in [1.54, 1.807) is 6.20 Å². The second kappa shape index (κ2) is 8.41. The van der Waals surface area contributed by atoms with Crippen molar-refractivity contribution in [2.75, 3.05) is 42.3 Å². The van der Waals surface area contributed by atoms with Gasteiger partial charge in [-0.15, -0.1) is 0 Å². The lowest BCUT2D eigenvalue weighted by Crippen LogP contribution is -2.36. The summed E-state index contributed by atoms with van der Waals surface area (Å²) in [5, 5.41) is 6.05. The van der Waals surface area contributed by atoms with Crippen molar-refractivity contribution in [2.24, 2.45) is 0 Å². The number of benzene rings is 2. The number of hydrogen-bond donors (Lipinski definition) is 1. The molecule has 2 aromatic carbocycles. The Bertz CT molecular complexity index is 919. The van der Waals surface area contributed by atoms with Crippen LogP contribution in [0.5, 0.6) is 0 Å². The Morgan fingerprint density at radius 1 is 1.07 bits per heavy atom. The molecule has 1 saturated heterocycles. The summed E-state index contributed by atoms with van der Waals surface area (Å²) in [6, 6.07) is 18.0. The van der Waals surface area contributed by atoms with Crippen molar-refractivity contribution >= 4 is 39.8 Å². The quantitative estimate of drug-likeness (QED) is 0.684. The topological polar surface area (TPSA) is 54.5 Å². The number of nitrogens with one attached hydrogen (secondary N) is 1. The minimum absolute atomic E-state index is 0.0335. The summed E-state index contributed by atoms with van der Waals surface area (Å²) >= 11 is 1.46. The first kappa shape index (κ1) is 17.8. The first-order chi connectivity index (χ1) is 13.3. The van der Waals surface area contributed by atoms with Crippen LogP contribution in [-0.2, 0) is 9.53 Å². The molecule has 2 heterocycles. The number of rotatable bonds is 5. The van der Waals surface area contributed by atoms with Crippen LogP contribution in [-0.4, -0.2) is 42.9 Å². The number of aromatic nitrogens is 1. The number of carbonyl (C=O) groups excluding carboxylic acids is 1. The minimum atomic E-state index is -0.0335. The van der Waals surface area contributed by atoms with E-state index in [1.165, 1.54) is 11.8 Å². The van der Waals surface area contributed by atoms with Gasteiger partial charge in [-0.05, 0) is 35.7 Å². The number of pyridine rings is 1. The predicted molar refractivity (Wildman–Crippen MR) is 111 cm³/mol. The molecule has 0 saturated carbocycles. The van der Waals surface area contributed by atoms with Crippen molar-refractivity contribution in [3.05, 3.63) is 60.8 Å². The first-order valence-electron chi connectivity index (χ1n) is 8.99. The summed E-state index contributed by atoms with van der Waals surface area (Å²) in [6.07, 6.45) is 1.78. The molecule has 1 aliphatic rings. The van der Waals surface area contributed by atoms with E-state index in [9.17, 15) is 4.79 Å². The Balaban J connectivity index is 1.35. The van der Waals surface area contributed by atoms with Gasteiger partial charge in [0.1, 0.15) is 5.03 Å². The zero-order valence-corrected chi connectivity index (χ0v) is 15.7. The molecule has 1 aromatic heterocycles. The van der Waals surface area contributed by atoms with Crippen molar-refractivity contribution in [3.63, 3.8) is 0 Å². The van der Waals surface area contributed by atoms with Gasteiger partial charge in [0.15, 0.2) is 0 Å². The molecule has 0 bridgehead atoms. The van der Waals surface area contributed by atoms with E-state index >= 15 is 0 Å². The summed E-state index contributed by atoms with van der Waals surface area (Å²) < 4.78 is 5.38. The number of ether oxygens (including phenoxy) is 1. The second-order valence-corrected chi connectivity index (χ2v) is 7.28. The highest BCUT2D eigenvalue weighted by atomic mass is 32.2. The number of hydrogen-bond acceptors (Lipinski definition) is 5. The SMILES string of the molecule is O=C(CSc1nccc2ccccc12)Nc1ccc(N2CCOCC2)cc1. The van der Waals surface area contributed by atoms with Gasteiger partial charge in [0.05, 0.1) is 19.0 Å². The maximum Gasteiger partial charge on any atom is 0.234 e. The average molecular weight is 379 g/mol. The van der Waals surface area contributed by atoms with Crippen LogP contribution < -0.4 is 10.2 Å². The molecular weight excluding hydrogens is 358 g/mol. The molecule has 0 unspecified atom stereocenters. The van der Waals surface area contributed by atoms with Gasteiger partial charge in [-0.25, -0.2) is 4.98 Å². The molecule has 27 heavy (non-hydrogen) atoms. The van der Waals surface area contributed by atoms with Gasteiger partial charge in [0.25, 0.3) is 0 Å². The van der Waals surface area contributed by atoms with Crippen molar-refractivity contribution in [1.82, 2.24) is 4.98 Å². The molecule has 0 aliphatic carbocycles. The average Bonchev–Trinajstić information content (AvgIpc) is 2.73. The van der Waals surface area contributed by atoms with Crippen LogP contribution in [0.15, 0.2) is 65.8 Å². The molecule has 1 amide bonds. The summed E-state index contributed by atoms with van der Waals surface area (Å²) in [5.74, 6) is 0.292. The van der Waals surface area contributed by atoms with Crippen LogP contribution in [0.3, 0.4) is 0 Å². The zero-order valence-electron chi connectivity index (χ0n) is 14.9. The van der Waals surface area contributed by atoms with Gasteiger partial charge in [-0.3, -0.25) is 4.79 Å². The number of nitrogens with zero attached hydrogens (tertiary/aromatic N) is 2. The van der Waals surface area contributed by atoms with E-state index in [-0.39, 0.29) is 5.91 Å². The fraction of sp³-hybridized carbons (Fsp3) is 0.238. The number of carbonyl (C=O) groups is 1. The highest BCUT2D eigenvalue weighted by molar-refractivity contribution is 8.00. The first-order valence-corrected chi connectivity index (χ1v) is 9.97. The van der Waals surface area contributed by atoms with Crippen LogP contribution in [0.1, 0.15) is 0 Å². The van der Waals surface area contributed by atoms with Crippen molar-refractivity contribution in [1.29, 1.82) is 0 Å². The molecule has 0 atom stereocenters. The molecule has 0 spiro atoms. The third-order valence-corrected chi connectivity index (χ3v) is 5.51. The number of amides is 1. The monoisotopic (exact) mass is 379 g/mol. The van der Waals surface area contributed by atoms with Crippen LogP contribution >= 0.6 is 11.8 Å². The molecule has 3 aromatic rings. The fourth-order valence-corrected chi connectivity index (χ4v) is 3.93. The molecule has 4 rings (SSSR count). The Morgan fingerprint density at radius 3 is 2.67 bits per heavy atom. The Morgan fingerprint density at radius 2 is 1.85 bits per heavy atom. The minimum Gasteiger partial charge on any atom is -0.378 e. The van der Waals surface area contributed by atoms with Gasteiger partial charge >= 0.3 is 0 Å². The van der Waals surface area contributed by atoms with E-state index in [0.717, 1.165) is 53.5 Å². The van der Waals surface area contributed by atoms with Crippen molar-refractivity contribution < 1.29 is 9.53 Å². The molecule has 138 valence electrons. The summed E-state index contributed by atoms with van der Waals surface area (Å²) in [5.41, 5.74) is 1.97. The van der Waals surface area contributed by atoms with Crippen molar-refractivity contribution in [3.8, 4) is 0 Å². The summed E-state index contributed by atoms with van der Waals surface area (Å²) in [6.45, 7) is 3.33. The van der Waals surface area contributed by atoms with Crippen LogP contribution in [0.4, 0.5) is 11.4 Å². The number of thioether (sulfide) groups is 1. The molecule has 6 heteroatoms. The van der Waals surface area contributed by atoms with Gasteiger partial charge in [0.2, 0.25) is 5.91 Å². The lowest BCUT2D eigenvalue weighted by atomic mass is 10.2. The third kappa shape index (κ3) is 4.40. The Hall–Kier alpha value is -2.57. The van der Waals surface area contributed by atoms with Crippen LogP contribution in [0.2, 0.25) is 0 Å². The van der Waals surface area contributed by atoms with Crippen LogP contribution in [0, 0.1) is 0 Å². The van der Waals surface area contributed by atoms with Gasteiger partial charge in [0, 0.05) is 36.0 Å². The normalized spacial score (nSPS) is 14.3. The van der Waals surface area contributed by atoms with E-state index in [4.69, 9.17) is 4.74 Å². The van der Waals surface area contributed by atoms with E-state index in [2.05, 4.69) is 21.3 Å². The van der Waals surface area contributed by atoms with Crippen molar-refractivity contribution in [2.45, 2.75) is 5.03 Å². The number of anilines is 2. The third-order valence-electron chi connectivity index (χ3n) is 4.50. The lowest BCUT2D eigenvalue weighted by Gasteiger charge is -2.28. The number of morpholine rings is 1. The maximum atomic E-state index is 12.3. The highest BCUT2D eigenvalue weighted by Gasteiger charge is 2.11. The Kier molecular flexibility index (Phi) is 5.55. The second-order valence-electron chi connectivity index (χ2n) is 6.32. The molecule has 1 aliphatic heterocycles. The molecular formula is C21H21N3O2S.